The van der Waals surface area contributed by atoms with Crippen LogP contribution in [0, 0.1) is 6.92 Å². The molecule has 0 bridgehead atoms. The smallest absolute Gasteiger partial charge is 0.255 e. The Kier molecular flexibility index (Phi) is 3.59. The van der Waals surface area contributed by atoms with Crippen LogP contribution in [-0.4, -0.2) is 31.6 Å². The van der Waals surface area contributed by atoms with E-state index in [4.69, 9.17) is 0 Å². The minimum Gasteiger partial charge on any atom is -0.310 e. The Bertz CT molecular complexity index is 880. The number of aromatic amines is 2. The first-order valence-corrected chi connectivity index (χ1v) is 8.46. The fraction of sp³-hybridized carbons (Fsp3) is 0.312. The van der Waals surface area contributed by atoms with Crippen molar-refractivity contribution in [2.24, 2.45) is 0 Å². The topological polar surface area (TPSA) is 77.7 Å². The number of rotatable bonds is 3. The maximum atomic E-state index is 12.1. The van der Waals surface area contributed by atoms with Crippen LogP contribution in [0.1, 0.15) is 22.6 Å². The summed E-state index contributed by atoms with van der Waals surface area (Å²) < 4.78 is 0. The molecule has 0 unspecified atom stereocenters. The van der Waals surface area contributed by atoms with E-state index in [9.17, 15) is 4.79 Å². The molecule has 0 radical (unpaired) electrons. The van der Waals surface area contributed by atoms with Crippen molar-refractivity contribution in [3.05, 3.63) is 56.7 Å². The van der Waals surface area contributed by atoms with Crippen molar-refractivity contribution in [1.29, 1.82) is 0 Å². The zero-order valence-corrected chi connectivity index (χ0v) is 13.6. The van der Waals surface area contributed by atoms with Gasteiger partial charge in [-0.05, 0) is 18.4 Å². The molecule has 7 heteroatoms. The summed E-state index contributed by atoms with van der Waals surface area (Å²) in [6.07, 6.45) is 2.69. The summed E-state index contributed by atoms with van der Waals surface area (Å²) in [6, 6.07) is 4.12. The van der Waals surface area contributed by atoms with E-state index in [2.05, 4.69) is 36.5 Å². The second-order valence-corrected chi connectivity index (χ2v) is 6.73. The van der Waals surface area contributed by atoms with Gasteiger partial charge in [0, 0.05) is 31.6 Å². The summed E-state index contributed by atoms with van der Waals surface area (Å²) in [4.78, 5) is 22.9. The average Bonchev–Trinajstić information content (AvgIpc) is 3.18. The molecule has 0 amide bonds. The van der Waals surface area contributed by atoms with Crippen molar-refractivity contribution in [2.45, 2.75) is 26.4 Å². The van der Waals surface area contributed by atoms with Crippen LogP contribution in [0.4, 0.5) is 0 Å². The number of aromatic nitrogens is 4. The van der Waals surface area contributed by atoms with Gasteiger partial charge >= 0.3 is 0 Å². The molecule has 23 heavy (non-hydrogen) atoms. The molecule has 4 rings (SSSR count). The number of thiophene rings is 1. The summed E-state index contributed by atoms with van der Waals surface area (Å²) in [5.74, 6) is 0.692. The maximum absolute atomic E-state index is 12.1. The number of H-pyrrole nitrogens is 2. The Morgan fingerprint density at radius 1 is 1.43 bits per heavy atom. The first-order valence-electron chi connectivity index (χ1n) is 7.58. The third kappa shape index (κ3) is 2.73. The van der Waals surface area contributed by atoms with Crippen molar-refractivity contribution >= 4 is 11.3 Å². The first-order chi connectivity index (χ1) is 11.2. The normalized spacial score (nSPS) is 14.8. The van der Waals surface area contributed by atoms with Gasteiger partial charge < -0.3 is 4.98 Å². The molecule has 118 valence electrons. The number of nitrogens with zero attached hydrogens (tertiary/aromatic N) is 3. The quantitative estimate of drug-likeness (QED) is 0.772. The van der Waals surface area contributed by atoms with Gasteiger partial charge in [0.25, 0.3) is 5.56 Å². The Balaban J connectivity index is 1.58. The Morgan fingerprint density at radius 3 is 3.17 bits per heavy atom. The number of nitrogens with one attached hydrogen (secondary N) is 2. The molecular weight excluding hydrogens is 310 g/mol. The molecule has 1 aliphatic heterocycles. The molecule has 0 atom stereocenters. The van der Waals surface area contributed by atoms with Gasteiger partial charge in [-0.3, -0.25) is 14.8 Å². The van der Waals surface area contributed by atoms with E-state index in [1.165, 1.54) is 4.88 Å². The van der Waals surface area contributed by atoms with Gasteiger partial charge in [0.05, 0.1) is 28.0 Å². The van der Waals surface area contributed by atoms with Gasteiger partial charge in [-0.25, -0.2) is 4.98 Å². The van der Waals surface area contributed by atoms with E-state index < -0.39 is 0 Å². The lowest BCUT2D eigenvalue weighted by Gasteiger charge is -2.27. The predicted molar refractivity (Wildman–Crippen MR) is 89.3 cm³/mol. The minimum absolute atomic E-state index is 0.0112. The number of fused-ring (bicyclic) bond motifs is 1. The number of hydrogen-bond donors (Lipinski definition) is 2. The molecule has 0 aromatic carbocycles. The van der Waals surface area contributed by atoms with Crippen LogP contribution in [0.3, 0.4) is 0 Å². The fourth-order valence-electron chi connectivity index (χ4n) is 3.05. The zero-order valence-electron chi connectivity index (χ0n) is 12.8. The number of hydrogen-bond acceptors (Lipinski definition) is 5. The lowest BCUT2D eigenvalue weighted by molar-refractivity contribution is 0.242. The summed E-state index contributed by atoms with van der Waals surface area (Å²) in [6.45, 7) is 4.13. The number of aryl methyl sites for hydroxylation is 1. The summed E-state index contributed by atoms with van der Waals surface area (Å²) in [7, 11) is 0. The molecular formula is C16H17N5OS. The van der Waals surface area contributed by atoms with Crippen LogP contribution in [-0.2, 0) is 19.5 Å². The van der Waals surface area contributed by atoms with Crippen LogP contribution >= 0.6 is 11.3 Å². The van der Waals surface area contributed by atoms with E-state index in [-0.39, 0.29) is 5.56 Å². The van der Waals surface area contributed by atoms with Crippen LogP contribution in [0.5, 0.6) is 0 Å². The molecule has 6 nitrogen and oxygen atoms in total. The molecule has 4 heterocycles. The van der Waals surface area contributed by atoms with Crippen molar-refractivity contribution in [2.75, 3.05) is 6.54 Å². The molecule has 0 saturated carbocycles. The molecule has 1 aliphatic rings. The van der Waals surface area contributed by atoms with Crippen molar-refractivity contribution in [3.8, 4) is 10.6 Å². The van der Waals surface area contributed by atoms with Crippen LogP contribution in [0.25, 0.3) is 10.6 Å². The van der Waals surface area contributed by atoms with E-state index in [1.807, 2.05) is 19.2 Å². The van der Waals surface area contributed by atoms with Crippen molar-refractivity contribution < 1.29 is 0 Å². The zero-order chi connectivity index (χ0) is 15.8. The van der Waals surface area contributed by atoms with Crippen molar-refractivity contribution in [3.63, 3.8) is 0 Å². The molecule has 0 spiro atoms. The van der Waals surface area contributed by atoms with Crippen LogP contribution in [0.2, 0.25) is 0 Å². The Hall–Kier alpha value is -2.25. The lowest BCUT2D eigenvalue weighted by atomic mass is 10.1. The second-order valence-electron chi connectivity index (χ2n) is 5.78. The van der Waals surface area contributed by atoms with Crippen LogP contribution < -0.4 is 5.56 Å². The summed E-state index contributed by atoms with van der Waals surface area (Å²) in [5.41, 5.74) is 3.95. The van der Waals surface area contributed by atoms with Gasteiger partial charge in [-0.2, -0.15) is 5.10 Å². The fourth-order valence-corrected chi connectivity index (χ4v) is 3.80. The van der Waals surface area contributed by atoms with Gasteiger partial charge in [-0.15, -0.1) is 11.3 Å². The highest BCUT2D eigenvalue weighted by Crippen LogP contribution is 2.27. The standard InChI is InChI=1S/C16H17N5OS/c1-10-18-13-4-5-21(9-12(13)16(22)19-10)8-11-7-17-20-15(11)14-3-2-6-23-14/h2-3,6-7H,4-5,8-9H2,1H3,(H,17,20)(H,18,19,22). The second kappa shape index (κ2) is 5.75. The molecule has 3 aromatic heterocycles. The van der Waals surface area contributed by atoms with Crippen LogP contribution in [0.15, 0.2) is 28.5 Å². The predicted octanol–water partition coefficient (Wildman–Crippen LogP) is 2.09. The largest absolute Gasteiger partial charge is 0.310 e. The SMILES string of the molecule is Cc1nc2c(c(=O)[nH]1)CN(Cc1cn[nH]c1-c1cccs1)CC2. The molecule has 0 saturated heterocycles. The highest BCUT2D eigenvalue weighted by atomic mass is 32.1. The van der Waals surface area contributed by atoms with Gasteiger partial charge in [0.15, 0.2) is 0 Å². The molecule has 3 aromatic rings. The maximum Gasteiger partial charge on any atom is 0.255 e. The van der Waals surface area contributed by atoms with Gasteiger partial charge in [0.2, 0.25) is 0 Å². The molecule has 0 aliphatic carbocycles. The average molecular weight is 327 g/mol. The third-order valence-electron chi connectivity index (χ3n) is 4.15. The van der Waals surface area contributed by atoms with Crippen molar-refractivity contribution in [1.82, 2.24) is 25.1 Å². The highest BCUT2D eigenvalue weighted by Gasteiger charge is 2.22. The monoisotopic (exact) mass is 327 g/mol. The van der Waals surface area contributed by atoms with E-state index >= 15 is 0 Å². The van der Waals surface area contributed by atoms with Gasteiger partial charge in [0.1, 0.15) is 5.82 Å². The molecule has 0 fully saturated rings. The van der Waals surface area contributed by atoms with E-state index in [1.54, 1.807) is 11.3 Å². The minimum atomic E-state index is -0.0112. The Labute approximate surface area is 137 Å². The third-order valence-corrected chi connectivity index (χ3v) is 5.03. The summed E-state index contributed by atoms with van der Waals surface area (Å²) >= 11 is 1.69. The highest BCUT2D eigenvalue weighted by molar-refractivity contribution is 7.13. The van der Waals surface area contributed by atoms with E-state index in [0.717, 1.165) is 42.0 Å². The first kappa shape index (κ1) is 14.3. The summed E-state index contributed by atoms with van der Waals surface area (Å²) in [5, 5.41) is 9.34. The molecule has 2 N–H and O–H groups in total. The Morgan fingerprint density at radius 2 is 2.35 bits per heavy atom. The lowest BCUT2D eigenvalue weighted by Crippen LogP contribution is -2.35. The van der Waals surface area contributed by atoms with Gasteiger partial charge in [-0.1, -0.05) is 6.07 Å². The van der Waals surface area contributed by atoms with E-state index in [0.29, 0.717) is 12.4 Å².